The average molecular weight is 429 g/mol. The molecule has 32 heavy (non-hydrogen) atoms. The highest BCUT2D eigenvalue weighted by Gasteiger charge is 2.25. The minimum atomic E-state index is -0.385. The topological polar surface area (TPSA) is 103 Å². The van der Waals surface area contributed by atoms with Crippen molar-refractivity contribution in [3.63, 3.8) is 0 Å². The van der Waals surface area contributed by atoms with Gasteiger partial charge in [0.25, 0.3) is 5.91 Å². The van der Waals surface area contributed by atoms with Gasteiger partial charge in [0.2, 0.25) is 5.91 Å². The standard InChI is InChI=1S/C24H23N5O3/c25-23(30)15-29-13-8-18-21(29)2-1-3-22(18)32-17-6-11-28(12-7-17)24(31)16-4-5-19-20(14-16)27-10-9-26-19/h1-5,8-10,13-14,17H,6-7,11-12,15H2,(H2,25,30). The maximum Gasteiger partial charge on any atom is 0.253 e. The van der Waals surface area contributed by atoms with Crippen LogP contribution in [0.25, 0.3) is 21.9 Å². The molecule has 0 saturated carbocycles. The third-order valence-electron chi connectivity index (χ3n) is 5.84. The fraction of sp³-hybridized carbons (Fsp3) is 0.250. The molecule has 2 aromatic carbocycles. The fourth-order valence-corrected chi connectivity index (χ4v) is 4.24. The van der Waals surface area contributed by atoms with Crippen molar-refractivity contribution in [3.8, 4) is 5.75 Å². The molecule has 0 radical (unpaired) electrons. The number of nitrogens with zero attached hydrogens (tertiary/aromatic N) is 4. The molecule has 162 valence electrons. The highest BCUT2D eigenvalue weighted by atomic mass is 16.5. The van der Waals surface area contributed by atoms with Crippen molar-refractivity contribution in [2.75, 3.05) is 13.1 Å². The summed E-state index contributed by atoms with van der Waals surface area (Å²) >= 11 is 0. The third kappa shape index (κ3) is 3.87. The monoisotopic (exact) mass is 429 g/mol. The molecule has 0 bridgehead atoms. The average Bonchev–Trinajstić information content (AvgIpc) is 3.22. The third-order valence-corrected chi connectivity index (χ3v) is 5.84. The molecule has 8 nitrogen and oxygen atoms in total. The van der Waals surface area contributed by atoms with Crippen LogP contribution < -0.4 is 10.5 Å². The summed E-state index contributed by atoms with van der Waals surface area (Å²) in [5.74, 6) is 0.398. The van der Waals surface area contributed by atoms with E-state index in [9.17, 15) is 9.59 Å². The Bertz CT molecular complexity index is 1310. The van der Waals surface area contributed by atoms with Gasteiger partial charge in [-0.15, -0.1) is 0 Å². The smallest absolute Gasteiger partial charge is 0.253 e. The van der Waals surface area contributed by atoms with Gasteiger partial charge < -0.3 is 19.9 Å². The molecule has 5 rings (SSSR count). The van der Waals surface area contributed by atoms with Crippen LogP contribution in [0.5, 0.6) is 5.75 Å². The Morgan fingerprint density at radius 2 is 1.81 bits per heavy atom. The van der Waals surface area contributed by atoms with Gasteiger partial charge in [-0.3, -0.25) is 19.6 Å². The molecule has 1 saturated heterocycles. The van der Waals surface area contributed by atoms with Crippen LogP contribution in [0.2, 0.25) is 0 Å². The van der Waals surface area contributed by atoms with Crippen molar-refractivity contribution in [1.82, 2.24) is 19.4 Å². The van der Waals surface area contributed by atoms with Crippen LogP contribution in [0, 0.1) is 0 Å². The fourth-order valence-electron chi connectivity index (χ4n) is 4.24. The van der Waals surface area contributed by atoms with Crippen LogP contribution in [0.15, 0.2) is 61.1 Å². The maximum absolute atomic E-state index is 13.0. The van der Waals surface area contributed by atoms with Gasteiger partial charge >= 0.3 is 0 Å². The second kappa shape index (κ2) is 8.30. The number of ether oxygens (including phenoxy) is 1. The molecule has 0 unspecified atom stereocenters. The number of fused-ring (bicyclic) bond motifs is 2. The van der Waals surface area contributed by atoms with E-state index in [4.69, 9.17) is 10.5 Å². The van der Waals surface area contributed by atoms with Crippen LogP contribution in [0.1, 0.15) is 23.2 Å². The molecule has 4 aromatic rings. The summed E-state index contributed by atoms with van der Waals surface area (Å²) in [6.45, 7) is 1.38. The van der Waals surface area contributed by atoms with Crippen molar-refractivity contribution < 1.29 is 14.3 Å². The molecule has 0 spiro atoms. The number of hydrogen-bond acceptors (Lipinski definition) is 5. The Labute approximate surface area is 184 Å². The van der Waals surface area contributed by atoms with Crippen molar-refractivity contribution in [2.45, 2.75) is 25.5 Å². The molecule has 2 aromatic heterocycles. The summed E-state index contributed by atoms with van der Waals surface area (Å²) in [6, 6.07) is 13.2. The van der Waals surface area contributed by atoms with Crippen molar-refractivity contribution in [3.05, 3.63) is 66.6 Å². The van der Waals surface area contributed by atoms with Gasteiger partial charge in [-0.1, -0.05) is 6.07 Å². The molecule has 1 fully saturated rings. The second-order valence-electron chi connectivity index (χ2n) is 7.97. The number of carbonyl (C=O) groups excluding carboxylic acids is 2. The van der Waals surface area contributed by atoms with Gasteiger partial charge in [0.15, 0.2) is 0 Å². The van der Waals surface area contributed by atoms with Gasteiger partial charge in [-0.2, -0.15) is 0 Å². The first-order chi connectivity index (χ1) is 15.6. The molecule has 1 aliphatic rings. The van der Waals surface area contributed by atoms with Crippen LogP contribution in [0.4, 0.5) is 0 Å². The number of hydrogen-bond donors (Lipinski definition) is 1. The zero-order valence-electron chi connectivity index (χ0n) is 17.5. The lowest BCUT2D eigenvalue weighted by Gasteiger charge is -2.32. The van der Waals surface area contributed by atoms with E-state index < -0.39 is 0 Å². The number of nitrogens with two attached hydrogens (primary N) is 1. The molecule has 2 N–H and O–H groups in total. The first-order valence-electron chi connectivity index (χ1n) is 10.6. The number of piperidine rings is 1. The normalized spacial score (nSPS) is 14.7. The van der Waals surface area contributed by atoms with E-state index in [2.05, 4.69) is 9.97 Å². The van der Waals surface area contributed by atoms with E-state index in [1.54, 1.807) is 24.5 Å². The molecule has 3 heterocycles. The van der Waals surface area contributed by atoms with Gasteiger partial charge in [0.05, 0.1) is 16.6 Å². The van der Waals surface area contributed by atoms with E-state index in [1.807, 2.05) is 46.0 Å². The molecule has 8 heteroatoms. The first kappa shape index (κ1) is 20.0. The molecule has 1 aliphatic heterocycles. The number of benzene rings is 2. The number of likely N-dealkylation sites (tertiary alicyclic amines) is 1. The zero-order chi connectivity index (χ0) is 22.1. The molecular weight excluding hydrogens is 406 g/mol. The Kier molecular flexibility index (Phi) is 5.18. The Hall–Kier alpha value is -3.94. The van der Waals surface area contributed by atoms with Crippen molar-refractivity contribution in [1.29, 1.82) is 0 Å². The summed E-state index contributed by atoms with van der Waals surface area (Å²) in [5, 5.41) is 0.949. The molecule has 0 atom stereocenters. The van der Waals surface area contributed by atoms with E-state index in [0.717, 1.165) is 35.0 Å². The molecule has 2 amide bonds. The highest BCUT2D eigenvalue weighted by molar-refractivity contribution is 5.97. The molecule has 0 aliphatic carbocycles. The van der Waals surface area contributed by atoms with Crippen molar-refractivity contribution in [2.24, 2.45) is 5.73 Å². The predicted molar refractivity (Wildman–Crippen MR) is 120 cm³/mol. The lowest BCUT2D eigenvalue weighted by atomic mass is 10.1. The van der Waals surface area contributed by atoms with Crippen LogP contribution in [-0.2, 0) is 11.3 Å². The summed E-state index contributed by atoms with van der Waals surface area (Å²) in [7, 11) is 0. The maximum atomic E-state index is 13.0. The highest BCUT2D eigenvalue weighted by Crippen LogP contribution is 2.29. The Balaban J connectivity index is 1.25. The Morgan fingerprint density at radius 1 is 1.03 bits per heavy atom. The van der Waals surface area contributed by atoms with Gasteiger partial charge in [-0.05, 0) is 36.4 Å². The van der Waals surface area contributed by atoms with Crippen LogP contribution in [0.3, 0.4) is 0 Å². The van der Waals surface area contributed by atoms with E-state index in [0.29, 0.717) is 24.2 Å². The Morgan fingerprint density at radius 3 is 2.59 bits per heavy atom. The zero-order valence-corrected chi connectivity index (χ0v) is 17.5. The number of primary amides is 1. The summed E-state index contributed by atoms with van der Waals surface area (Å²) in [6.07, 6.45) is 6.63. The lowest BCUT2D eigenvalue weighted by Crippen LogP contribution is -2.41. The van der Waals surface area contributed by atoms with Gasteiger partial charge in [0.1, 0.15) is 18.4 Å². The number of rotatable bonds is 5. The number of carbonyl (C=O) groups is 2. The van der Waals surface area contributed by atoms with E-state index >= 15 is 0 Å². The van der Waals surface area contributed by atoms with Gasteiger partial charge in [-0.25, -0.2) is 0 Å². The second-order valence-corrected chi connectivity index (χ2v) is 7.97. The minimum Gasteiger partial charge on any atom is -0.490 e. The van der Waals surface area contributed by atoms with Gasteiger partial charge in [0, 0.05) is 55.5 Å². The first-order valence-corrected chi connectivity index (χ1v) is 10.6. The van der Waals surface area contributed by atoms with Crippen LogP contribution >= 0.6 is 0 Å². The lowest BCUT2D eigenvalue weighted by molar-refractivity contribution is -0.118. The summed E-state index contributed by atoms with van der Waals surface area (Å²) < 4.78 is 8.11. The van der Waals surface area contributed by atoms with Crippen molar-refractivity contribution >= 4 is 33.8 Å². The summed E-state index contributed by atoms with van der Waals surface area (Å²) in [4.78, 5) is 34.7. The quantitative estimate of drug-likeness (QED) is 0.525. The number of amides is 2. The SMILES string of the molecule is NC(=O)Cn1ccc2c(OC3CCN(C(=O)c4ccc5nccnc5c4)CC3)cccc21. The largest absolute Gasteiger partial charge is 0.490 e. The van der Waals surface area contributed by atoms with Crippen LogP contribution in [-0.4, -0.2) is 50.4 Å². The summed E-state index contributed by atoms with van der Waals surface area (Å²) in [5.41, 5.74) is 8.36. The predicted octanol–water partition coefficient (Wildman–Crippen LogP) is 2.75. The van der Waals surface area contributed by atoms with E-state index in [1.165, 1.54) is 0 Å². The minimum absolute atomic E-state index is 0.00151. The molecular formula is C24H23N5O3. The van der Waals surface area contributed by atoms with E-state index in [-0.39, 0.29) is 24.5 Å². The number of aromatic nitrogens is 3.